The summed E-state index contributed by atoms with van der Waals surface area (Å²) in [6, 6.07) is 6.19. The van der Waals surface area contributed by atoms with E-state index in [0.29, 0.717) is 17.3 Å². The zero-order chi connectivity index (χ0) is 14.1. The second kappa shape index (κ2) is 4.93. The lowest BCUT2D eigenvalue weighted by atomic mass is 9.82. The van der Waals surface area contributed by atoms with Crippen molar-refractivity contribution >= 4 is 5.82 Å². The molecule has 0 fully saturated rings. The number of aromatic amines is 1. The van der Waals surface area contributed by atoms with Crippen molar-refractivity contribution in [2.75, 3.05) is 5.73 Å². The van der Waals surface area contributed by atoms with E-state index < -0.39 is 0 Å². The number of nitrogens with two attached hydrogens (primary N) is 1. The standard InChI is InChI=1S/C16H16N4/c1-10-2-3-14-12(8-10)15(11-4-6-19-7-5-11)13(9-17)16(18)20-14/h4-7,10H,2-3,8H2,1H3,(H2,18,20)/p+1/t10-/m1/s1. The van der Waals surface area contributed by atoms with Crippen LogP contribution in [0.15, 0.2) is 24.5 Å². The SMILES string of the molecule is C[C@@H]1CCc2nc(N)c(C#N)c(-c3cc[nH+]cc3)c2C1. The molecule has 0 aromatic carbocycles. The molecule has 0 spiro atoms. The largest absolute Gasteiger partial charge is 0.383 e. The minimum absolute atomic E-state index is 0.351. The highest BCUT2D eigenvalue weighted by Gasteiger charge is 2.24. The molecule has 0 unspecified atom stereocenters. The van der Waals surface area contributed by atoms with E-state index in [1.807, 2.05) is 24.5 Å². The summed E-state index contributed by atoms with van der Waals surface area (Å²) in [4.78, 5) is 7.47. The number of aryl methyl sites for hydroxylation is 1. The van der Waals surface area contributed by atoms with E-state index in [2.05, 4.69) is 23.0 Å². The van der Waals surface area contributed by atoms with Crippen LogP contribution in [-0.4, -0.2) is 4.98 Å². The van der Waals surface area contributed by atoms with Crippen LogP contribution < -0.4 is 10.7 Å². The van der Waals surface area contributed by atoms with Gasteiger partial charge in [-0.25, -0.2) is 9.97 Å². The second-order valence-corrected chi connectivity index (χ2v) is 5.42. The summed E-state index contributed by atoms with van der Waals surface area (Å²) in [5, 5.41) is 9.45. The Bertz CT molecular complexity index is 686. The van der Waals surface area contributed by atoms with E-state index >= 15 is 0 Å². The molecule has 1 aliphatic carbocycles. The van der Waals surface area contributed by atoms with Crippen LogP contribution in [0.2, 0.25) is 0 Å². The lowest BCUT2D eigenvalue weighted by molar-refractivity contribution is -0.377. The summed E-state index contributed by atoms with van der Waals surface area (Å²) in [6.45, 7) is 2.24. The van der Waals surface area contributed by atoms with Crippen molar-refractivity contribution in [2.45, 2.75) is 26.2 Å². The van der Waals surface area contributed by atoms with Gasteiger partial charge < -0.3 is 5.73 Å². The van der Waals surface area contributed by atoms with Crippen molar-refractivity contribution in [3.63, 3.8) is 0 Å². The van der Waals surface area contributed by atoms with Gasteiger partial charge in [-0.2, -0.15) is 5.26 Å². The van der Waals surface area contributed by atoms with Gasteiger partial charge in [-0.3, -0.25) is 0 Å². The molecule has 0 saturated heterocycles. The van der Waals surface area contributed by atoms with Crippen LogP contribution in [0, 0.1) is 17.2 Å². The van der Waals surface area contributed by atoms with Crippen molar-refractivity contribution in [3.8, 4) is 17.2 Å². The third kappa shape index (κ3) is 2.01. The molecule has 0 bridgehead atoms. The highest BCUT2D eigenvalue weighted by Crippen LogP contribution is 2.36. The Morgan fingerprint density at radius 3 is 2.85 bits per heavy atom. The van der Waals surface area contributed by atoms with Crippen molar-refractivity contribution in [2.24, 2.45) is 5.92 Å². The van der Waals surface area contributed by atoms with Crippen molar-refractivity contribution < 1.29 is 4.98 Å². The van der Waals surface area contributed by atoms with E-state index in [4.69, 9.17) is 5.73 Å². The maximum Gasteiger partial charge on any atom is 0.167 e. The van der Waals surface area contributed by atoms with Gasteiger partial charge in [0.15, 0.2) is 12.4 Å². The molecule has 1 aliphatic rings. The summed E-state index contributed by atoms with van der Waals surface area (Å²) in [6.07, 6.45) is 6.77. The molecule has 0 amide bonds. The van der Waals surface area contributed by atoms with Gasteiger partial charge in [0.05, 0.1) is 0 Å². The van der Waals surface area contributed by atoms with Crippen molar-refractivity contribution in [1.29, 1.82) is 5.26 Å². The van der Waals surface area contributed by atoms with Crippen LogP contribution in [0.3, 0.4) is 0 Å². The molecule has 3 rings (SSSR count). The van der Waals surface area contributed by atoms with Crippen LogP contribution in [0.4, 0.5) is 5.82 Å². The quantitative estimate of drug-likeness (QED) is 0.858. The molecule has 4 nitrogen and oxygen atoms in total. The normalized spacial score (nSPS) is 17.3. The number of rotatable bonds is 1. The van der Waals surface area contributed by atoms with Gasteiger partial charge in [0.25, 0.3) is 0 Å². The number of pyridine rings is 2. The molecule has 1 atom stereocenters. The van der Waals surface area contributed by atoms with Gasteiger partial charge in [-0.1, -0.05) is 6.92 Å². The summed E-state index contributed by atoms with van der Waals surface area (Å²) in [7, 11) is 0. The van der Waals surface area contributed by atoms with Crippen molar-refractivity contribution in [3.05, 3.63) is 41.3 Å². The monoisotopic (exact) mass is 265 g/mol. The number of nitrogen functional groups attached to an aromatic ring is 1. The number of aromatic nitrogens is 2. The van der Waals surface area contributed by atoms with Gasteiger partial charge in [-0.15, -0.1) is 0 Å². The highest BCUT2D eigenvalue weighted by molar-refractivity contribution is 5.79. The molecule has 100 valence electrons. The first-order chi connectivity index (χ1) is 9.70. The zero-order valence-corrected chi connectivity index (χ0v) is 11.5. The number of anilines is 1. The van der Waals surface area contributed by atoms with E-state index in [1.54, 1.807) is 0 Å². The van der Waals surface area contributed by atoms with Crippen molar-refractivity contribution in [1.82, 2.24) is 4.98 Å². The van der Waals surface area contributed by atoms with Crippen LogP contribution in [0.5, 0.6) is 0 Å². The average Bonchev–Trinajstić information content (AvgIpc) is 2.47. The lowest BCUT2D eigenvalue weighted by Crippen LogP contribution is -2.17. The Labute approximate surface area is 118 Å². The van der Waals surface area contributed by atoms with Gasteiger partial charge >= 0.3 is 0 Å². The van der Waals surface area contributed by atoms with E-state index in [9.17, 15) is 5.26 Å². The molecular formula is C16H17N4+. The third-order valence-electron chi connectivity index (χ3n) is 3.96. The smallest absolute Gasteiger partial charge is 0.167 e. The average molecular weight is 265 g/mol. The fourth-order valence-electron chi connectivity index (χ4n) is 2.94. The second-order valence-electron chi connectivity index (χ2n) is 5.42. The van der Waals surface area contributed by atoms with Gasteiger partial charge in [-0.05, 0) is 36.3 Å². The maximum atomic E-state index is 9.45. The Kier molecular flexibility index (Phi) is 3.11. The van der Waals surface area contributed by atoms with E-state index in [1.165, 1.54) is 5.56 Å². The summed E-state index contributed by atoms with van der Waals surface area (Å²) >= 11 is 0. The fraction of sp³-hybridized carbons (Fsp3) is 0.312. The van der Waals surface area contributed by atoms with E-state index in [0.717, 1.165) is 36.1 Å². The summed E-state index contributed by atoms with van der Waals surface area (Å²) in [5.74, 6) is 0.970. The number of nitrogens with one attached hydrogen (secondary N) is 1. The van der Waals surface area contributed by atoms with Crippen LogP contribution >= 0.6 is 0 Å². The zero-order valence-electron chi connectivity index (χ0n) is 11.5. The number of hydrogen-bond acceptors (Lipinski definition) is 3. The predicted octanol–water partition coefficient (Wildman–Crippen LogP) is 2.14. The maximum absolute atomic E-state index is 9.45. The molecule has 2 aromatic rings. The molecule has 0 aliphatic heterocycles. The van der Waals surface area contributed by atoms with Crippen LogP contribution in [0.25, 0.3) is 11.1 Å². The Balaban J connectivity index is 2.30. The molecule has 3 N–H and O–H groups in total. The number of fused-ring (bicyclic) bond motifs is 1. The molecule has 2 aromatic heterocycles. The molecular weight excluding hydrogens is 248 g/mol. The summed E-state index contributed by atoms with van der Waals surface area (Å²) in [5.41, 5.74) is 10.7. The molecule has 2 heterocycles. The fourth-order valence-corrected chi connectivity index (χ4v) is 2.94. The predicted molar refractivity (Wildman–Crippen MR) is 76.5 cm³/mol. The Morgan fingerprint density at radius 1 is 1.40 bits per heavy atom. The Hall–Kier alpha value is -2.41. The van der Waals surface area contributed by atoms with Gasteiger partial charge in [0.1, 0.15) is 17.5 Å². The minimum atomic E-state index is 0.351. The van der Waals surface area contributed by atoms with E-state index in [-0.39, 0.29) is 0 Å². The minimum Gasteiger partial charge on any atom is -0.383 e. The molecule has 20 heavy (non-hydrogen) atoms. The van der Waals surface area contributed by atoms with Gasteiger partial charge in [0, 0.05) is 23.4 Å². The highest BCUT2D eigenvalue weighted by atomic mass is 14.9. The van der Waals surface area contributed by atoms with Crippen LogP contribution in [-0.2, 0) is 12.8 Å². The first-order valence-corrected chi connectivity index (χ1v) is 6.88. The summed E-state index contributed by atoms with van der Waals surface area (Å²) < 4.78 is 0. The molecule has 4 heteroatoms. The molecule has 0 saturated carbocycles. The third-order valence-corrected chi connectivity index (χ3v) is 3.96. The van der Waals surface area contributed by atoms with Crippen LogP contribution in [0.1, 0.15) is 30.2 Å². The van der Waals surface area contributed by atoms with Gasteiger partial charge in [0.2, 0.25) is 0 Å². The topological polar surface area (TPSA) is 76.8 Å². The first kappa shape index (κ1) is 12.6. The number of hydrogen-bond donors (Lipinski definition) is 1. The first-order valence-electron chi connectivity index (χ1n) is 6.88. The number of nitriles is 1. The Morgan fingerprint density at radius 2 is 2.15 bits per heavy atom. The molecule has 0 radical (unpaired) electrons. The number of H-pyrrole nitrogens is 1. The number of nitrogens with zero attached hydrogens (tertiary/aromatic N) is 2. The lowest BCUT2D eigenvalue weighted by Gasteiger charge is -2.24.